The number of piperidine rings is 1. The van der Waals surface area contributed by atoms with Crippen molar-refractivity contribution in [2.45, 2.75) is 45.1 Å². The summed E-state index contributed by atoms with van der Waals surface area (Å²) in [7, 11) is 0. The lowest BCUT2D eigenvalue weighted by atomic mass is 10.1. The smallest absolute Gasteiger partial charge is 0.193 e. The zero-order chi connectivity index (χ0) is 19.2. The average Bonchev–Trinajstić information content (AvgIpc) is 3.24. The number of nitrogens with one attached hydrogen (secondary N) is 1. The number of pyridine rings is 1. The fourth-order valence-electron chi connectivity index (χ4n) is 4.47. The van der Waals surface area contributed by atoms with Gasteiger partial charge < -0.3 is 10.2 Å². The molecule has 1 atom stereocenters. The van der Waals surface area contributed by atoms with Gasteiger partial charge in [-0.15, -0.1) is 0 Å². The molecule has 28 heavy (non-hydrogen) atoms. The Morgan fingerprint density at radius 3 is 2.82 bits per heavy atom. The van der Waals surface area contributed by atoms with Crippen LogP contribution in [0.25, 0.3) is 10.9 Å². The van der Waals surface area contributed by atoms with Crippen molar-refractivity contribution in [3.63, 3.8) is 0 Å². The van der Waals surface area contributed by atoms with Gasteiger partial charge in [0.25, 0.3) is 0 Å². The molecule has 2 aromatic rings. The van der Waals surface area contributed by atoms with E-state index in [4.69, 9.17) is 9.98 Å². The molecule has 1 unspecified atom stereocenters. The van der Waals surface area contributed by atoms with Gasteiger partial charge in [-0.05, 0) is 51.4 Å². The Bertz CT molecular complexity index is 796. The third-order valence-corrected chi connectivity index (χ3v) is 5.99. The lowest BCUT2D eigenvalue weighted by Crippen LogP contribution is -2.44. The number of benzene rings is 1. The van der Waals surface area contributed by atoms with E-state index in [1.807, 2.05) is 6.07 Å². The molecule has 0 amide bonds. The van der Waals surface area contributed by atoms with E-state index in [9.17, 15) is 0 Å². The molecular weight excluding hydrogens is 346 g/mol. The summed E-state index contributed by atoms with van der Waals surface area (Å²) in [4.78, 5) is 14.9. The van der Waals surface area contributed by atoms with Crippen LogP contribution < -0.4 is 5.32 Å². The molecule has 0 saturated carbocycles. The van der Waals surface area contributed by atoms with Gasteiger partial charge in [0, 0.05) is 49.7 Å². The Labute approximate surface area is 168 Å². The summed E-state index contributed by atoms with van der Waals surface area (Å²) in [6.07, 6.45) is 6.27. The lowest BCUT2D eigenvalue weighted by Gasteiger charge is -2.32. The van der Waals surface area contributed by atoms with E-state index in [1.165, 1.54) is 44.2 Å². The summed E-state index contributed by atoms with van der Waals surface area (Å²) in [6.45, 7) is 8.62. The topological polar surface area (TPSA) is 43.8 Å². The maximum absolute atomic E-state index is 4.92. The van der Waals surface area contributed by atoms with E-state index in [1.54, 1.807) is 0 Å². The minimum Gasteiger partial charge on any atom is -0.357 e. The van der Waals surface area contributed by atoms with E-state index in [2.05, 4.69) is 52.4 Å². The quantitative estimate of drug-likeness (QED) is 0.639. The highest BCUT2D eigenvalue weighted by Crippen LogP contribution is 2.20. The third kappa shape index (κ3) is 4.64. The molecular formula is C23H33N5. The van der Waals surface area contributed by atoms with Crippen molar-refractivity contribution in [3.8, 4) is 0 Å². The molecule has 1 aromatic carbocycles. The summed E-state index contributed by atoms with van der Waals surface area (Å²) in [5.74, 6) is 1.07. The maximum atomic E-state index is 4.92. The lowest BCUT2D eigenvalue weighted by molar-refractivity contribution is 0.168. The summed E-state index contributed by atoms with van der Waals surface area (Å²) in [5.41, 5.74) is 2.19. The Kier molecular flexibility index (Phi) is 6.42. The van der Waals surface area contributed by atoms with Gasteiger partial charge in [0.05, 0.1) is 5.52 Å². The second-order valence-electron chi connectivity index (χ2n) is 7.97. The molecule has 150 valence electrons. The van der Waals surface area contributed by atoms with Crippen LogP contribution in [-0.2, 0) is 6.42 Å². The number of rotatable bonds is 5. The van der Waals surface area contributed by atoms with Gasteiger partial charge in [-0.3, -0.25) is 14.9 Å². The van der Waals surface area contributed by atoms with Crippen molar-refractivity contribution in [1.29, 1.82) is 0 Å². The van der Waals surface area contributed by atoms with Gasteiger partial charge in [0.1, 0.15) is 0 Å². The number of fused-ring (bicyclic) bond motifs is 1. The molecule has 0 spiro atoms. The molecule has 0 bridgehead atoms. The molecule has 0 aliphatic carbocycles. The van der Waals surface area contributed by atoms with Crippen LogP contribution in [0.1, 0.15) is 38.3 Å². The maximum Gasteiger partial charge on any atom is 0.193 e. The number of guanidine groups is 1. The first-order valence-corrected chi connectivity index (χ1v) is 11.0. The Balaban J connectivity index is 1.36. The van der Waals surface area contributed by atoms with Gasteiger partial charge >= 0.3 is 0 Å². The Hall–Kier alpha value is -2.14. The molecule has 2 aliphatic heterocycles. The number of aliphatic imine (C=N–C) groups is 1. The number of likely N-dealkylation sites (tertiary alicyclic amines) is 2. The van der Waals surface area contributed by atoms with Gasteiger partial charge in [0.2, 0.25) is 0 Å². The minimum absolute atomic E-state index is 0.700. The van der Waals surface area contributed by atoms with Crippen molar-refractivity contribution in [2.75, 3.05) is 39.3 Å². The van der Waals surface area contributed by atoms with Crippen LogP contribution in [0.15, 0.2) is 41.4 Å². The minimum atomic E-state index is 0.700. The largest absolute Gasteiger partial charge is 0.357 e. The Morgan fingerprint density at radius 1 is 1.11 bits per heavy atom. The van der Waals surface area contributed by atoms with E-state index in [0.29, 0.717) is 6.04 Å². The molecule has 1 aromatic heterocycles. The molecule has 2 saturated heterocycles. The zero-order valence-electron chi connectivity index (χ0n) is 17.1. The van der Waals surface area contributed by atoms with Crippen molar-refractivity contribution >= 4 is 16.9 Å². The van der Waals surface area contributed by atoms with E-state index < -0.39 is 0 Å². The predicted octanol–water partition coefficient (Wildman–Crippen LogP) is 3.30. The second-order valence-corrected chi connectivity index (χ2v) is 7.97. The van der Waals surface area contributed by atoms with Crippen molar-refractivity contribution < 1.29 is 0 Å². The number of nitrogens with zero attached hydrogens (tertiary/aromatic N) is 4. The van der Waals surface area contributed by atoms with Crippen LogP contribution in [0.3, 0.4) is 0 Å². The predicted molar refractivity (Wildman–Crippen MR) is 117 cm³/mol. The van der Waals surface area contributed by atoms with E-state index >= 15 is 0 Å². The van der Waals surface area contributed by atoms with Crippen molar-refractivity contribution in [1.82, 2.24) is 20.1 Å². The van der Waals surface area contributed by atoms with Crippen LogP contribution in [0, 0.1) is 0 Å². The zero-order valence-corrected chi connectivity index (χ0v) is 17.1. The van der Waals surface area contributed by atoms with Crippen molar-refractivity contribution in [3.05, 3.63) is 42.1 Å². The third-order valence-electron chi connectivity index (χ3n) is 5.99. The summed E-state index contributed by atoms with van der Waals surface area (Å²) < 4.78 is 0. The highest BCUT2D eigenvalue weighted by atomic mass is 15.3. The van der Waals surface area contributed by atoms with Crippen molar-refractivity contribution in [2.24, 2.45) is 4.99 Å². The molecule has 5 nitrogen and oxygen atoms in total. The van der Waals surface area contributed by atoms with E-state index in [-0.39, 0.29) is 0 Å². The number of hydrogen-bond donors (Lipinski definition) is 1. The van der Waals surface area contributed by atoms with Gasteiger partial charge in [-0.25, -0.2) is 0 Å². The fraction of sp³-hybridized carbons (Fsp3) is 0.565. The summed E-state index contributed by atoms with van der Waals surface area (Å²) >= 11 is 0. The number of aromatic nitrogens is 1. The van der Waals surface area contributed by atoms with Gasteiger partial charge in [-0.1, -0.05) is 30.7 Å². The molecule has 4 rings (SSSR count). The SMILES string of the molecule is CCNC(=NCCc1ccc2ccccc2n1)N1CCC(N2CCCCC2)C1. The summed E-state index contributed by atoms with van der Waals surface area (Å²) in [5, 5.41) is 4.70. The average molecular weight is 380 g/mol. The molecule has 2 aliphatic rings. The normalized spacial score (nSPS) is 21.4. The van der Waals surface area contributed by atoms with Crippen LogP contribution in [-0.4, -0.2) is 66.1 Å². The standard InChI is InChI=1S/C23H33N5/c1-2-24-23(28-17-13-21(18-28)27-15-6-3-7-16-27)25-14-12-20-11-10-19-8-4-5-9-22(19)26-20/h4-5,8-11,21H,2-3,6-7,12-18H2,1H3,(H,24,25). The van der Waals surface area contributed by atoms with E-state index in [0.717, 1.165) is 49.8 Å². The molecule has 2 fully saturated rings. The van der Waals surface area contributed by atoms with Crippen LogP contribution in [0.2, 0.25) is 0 Å². The molecule has 5 heteroatoms. The van der Waals surface area contributed by atoms with Crippen LogP contribution >= 0.6 is 0 Å². The first-order valence-electron chi connectivity index (χ1n) is 11.0. The monoisotopic (exact) mass is 379 g/mol. The molecule has 1 N–H and O–H groups in total. The molecule has 0 radical (unpaired) electrons. The highest BCUT2D eigenvalue weighted by molar-refractivity contribution is 5.80. The van der Waals surface area contributed by atoms with Gasteiger partial charge in [-0.2, -0.15) is 0 Å². The summed E-state index contributed by atoms with van der Waals surface area (Å²) in [6, 6.07) is 13.3. The highest BCUT2D eigenvalue weighted by Gasteiger charge is 2.29. The second kappa shape index (κ2) is 9.37. The number of para-hydroxylation sites is 1. The number of hydrogen-bond acceptors (Lipinski definition) is 3. The molecule has 3 heterocycles. The first-order chi connectivity index (χ1) is 13.8. The van der Waals surface area contributed by atoms with Crippen LogP contribution in [0.5, 0.6) is 0 Å². The first kappa shape index (κ1) is 19.2. The fourth-order valence-corrected chi connectivity index (χ4v) is 4.47. The van der Waals surface area contributed by atoms with Crippen LogP contribution in [0.4, 0.5) is 0 Å². The Morgan fingerprint density at radius 2 is 1.96 bits per heavy atom. The van der Waals surface area contributed by atoms with Gasteiger partial charge in [0.15, 0.2) is 5.96 Å².